The van der Waals surface area contributed by atoms with Crippen LogP contribution in [0.3, 0.4) is 0 Å². The molecule has 0 radical (unpaired) electrons. The van der Waals surface area contributed by atoms with Crippen LogP contribution in [0, 0.1) is 0 Å². The predicted molar refractivity (Wildman–Crippen MR) is 89.3 cm³/mol. The van der Waals surface area contributed by atoms with Gasteiger partial charge >= 0.3 is 0 Å². The molecule has 0 atom stereocenters. The van der Waals surface area contributed by atoms with Crippen molar-refractivity contribution < 1.29 is 4.79 Å². The van der Waals surface area contributed by atoms with Gasteiger partial charge in [0.25, 0.3) is 0 Å². The third kappa shape index (κ3) is 4.21. The van der Waals surface area contributed by atoms with Crippen LogP contribution < -0.4 is 0 Å². The van der Waals surface area contributed by atoms with Crippen LogP contribution in [0.5, 0.6) is 0 Å². The van der Waals surface area contributed by atoms with Gasteiger partial charge in [0.2, 0.25) is 0 Å². The van der Waals surface area contributed by atoms with Crippen LogP contribution in [0.2, 0.25) is 10.0 Å². The van der Waals surface area contributed by atoms with Crippen molar-refractivity contribution in [1.29, 1.82) is 0 Å². The number of likely N-dealkylation sites (tertiary alicyclic amines) is 1. The van der Waals surface area contributed by atoms with Crippen molar-refractivity contribution in [1.82, 2.24) is 4.90 Å². The Morgan fingerprint density at radius 2 is 1.76 bits per heavy atom. The van der Waals surface area contributed by atoms with Gasteiger partial charge in [-0.1, -0.05) is 42.1 Å². The van der Waals surface area contributed by atoms with Gasteiger partial charge in [0, 0.05) is 16.5 Å². The molecule has 0 unspecified atom stereocenters. The maximum atomic E-state index is 12.7. The number of carbonyl (C=O) groups excluding carboxylic acids is 1. The number of ketones is 1. The van der Waals surface area contributed by atoms with Crippen LogP contribution in [0.25, 0.3) is 0 Å². The summed E-state index contributed by atoms with van der Waals surface area (Å²) in [6.07, 6.45) is 5.25. The number of hydrogen-bond acceptors (Lipinski definition) is 2. The van der Waals surface area contributed by atoms with Gasteiger partial charge in [-0.3, -0.25) is 9.69 Å². The number of Topliss-reactive ketones (excluding diaryl/α,β-unsaturated/α-hetero) is 1. The van der Waals surface area contributed by atoms with E-state index in [0.717, 1.165) is 18.7 Å². The average Bonchev–Trinajstić information content (AvgIpc) is 2.71. The van der Waals surface area contributed by atoms with Gasteiger partial charge in [0.05, 0.1) is 5.54 Å². The third-order valence-electron chi connectivity index (χ3n) is 4.45. The molecule has 1 aliphatic rings. The zero-order valence-corrected chi connectivity index (χ0v) is 14.3. The molecular formula is C17H23Cl2NO. The molecule has 21 heavy (non-hydrogen) atoms. The molecule has 1 saturated heterocycles. The fraction of sp³-hybridized carbons (Fsp3) is 0.588. The molecule has 1 heterocycles. The molecule has 2 nitrogen and oxygen atoms in total. The molecular weight excluding hydrogens is 305 g/mol. The minimum absolute atomic E-state index is 0.216. The lowest BCUT2D eigenvalue weighted by molar-refractivity contribution is -0.128. The van der Waals surface area contributed by atoms with E-state index in [9.17, 15) is 4.79 Å². The van der Waals surface area contributed by atoms with Crippen molar-refractivity contribution in [2.24, 2.45) is 0 Å². The number of halogens is 2. The molecule has 0 N–H and O–H groups in total. The Bertz CT molecular complexity index is 506. The van der Waals surface area contributed by atoms with Crippen LogP contribution in [-0.4, -0.2) is 29.3 Å². The Kier molecular flexibility index (Phi) is 5.70. The maximum absolute atomic E-state index is 12.7. The van der Waals surface area contributed by atoms with E-state index in [0.29, 0.717) is 16.5 Å². The normalized spacial score (nSPS) is 17.5. The van der Waals surface area contributed by atoms with Crippen LogP contribution in [0.1, 0.15) is 45.1 Å². The molecule has 0 aliphatic carbocycles. The predicted octanol–water partition coefficient (Wildman–Crippen LogP) is 4.76. The number of carbonyl (C=O) groups is 1. The first kappa shape index (κ1) is 16.8. The molecule has 0 bridgehead atoms. The molecule has 4 heteroatoms. The minimum Gasteiger partial charge on any atom is -0.297 e. The van der Waals surface area contributed by atoms with Crippen LogP contribution >= 0.6 is 23.2 Å². The molecule has 116 valence electrons. The summed E-state index contributed by atoms with van der Waals surface area (Å²) in [5.41, 5.74) is 0.418. The van der Waals surface area contributed by atoms with Gasteiger partial charge in [0.1, 0.15) is 0 Å². The van der Waals surface area contributed by atoms with E-state index < -0.39 is 5.54 Å². The summed E-state index contributed by atoms with van der Waals surface area (Å²) < 4.78 is 0. The van der Waals surface area contributed by atoms with E-state index >= 15 is 0 Å². The Morgan fingerprint density at radius 3 is 2.33 bits per heavy atom. The Hall–Kier alpha value is -0.570. The first-order valence-electron chi connectivity index (χ1n) is 7.63. The van der Waals surface area contributed by atoms with Gasteiger partial charge in [0.15, 0.2) is 5.78 Å². The van der Waals surface area contributed by atoms with Gasteiger partial charge in [-0.25, -0.2) is 0 Å². The van der Waals surface area contributed by atoms with Crippen LogP contribution in [-0.2, 0) is 11.2 Å². The summed E-state index contributed by atoms with van der Waals surface area (Å²) in [7, 11) is 0. The largest absolute Gasteiger partial charge is 0.297 e. The summed E-state index contributed by atoms with van der Waals surface area (Å²) in [5.74, 6) is 0.216. The number of benzene rings is 1. The van der Waals surface area contributed by atoms with E-state index in [2.05, 4.69) is 4.90 Å². The lowest BCUT2D eigenvalue weighted by Gasteiger charge is -2.36. The van der Waals surface area contributed by atoms with Crippen LogP contribution in [0.15, 0.2) is 18.2 Å². The second kappa shape index (κ2) is 7.13. The molecule has 2 rings (SSSR count). The zero-order chi connectivity index (χ0) is 15.5. The summed E-state index contributed by atoms with van der Waals surface area (Å²) in [5, 5.41) is 1.17. The topological polar surface area (TPSA) is 20.3 Å². The number of rotatable bonds is 4. The number of hydrogen-bond donors (Lipinski definition) is 0. The van der Waals surface area contributed by atoms with Crippen LogP contribution in [0.4, 0.5) is 0 Å². The first-order valence-corrected chi connectivity index (χ1v) is 8.39. The highest BCUT2D eigenvalue weighted by Crippen LogP contribution is 2.26. The Morgan fingerprint density at radius 1 is 1.14 bits per heavy atom. The van der Waals surface area contributed by atoms with E-state index in [1.165, 1.54) is 25.7 Å². The molecule has 1 aromatic rings. The lowest BCUT2D eigenvalue weighted by atomic mass is 9.91. The molecule has 1 fully saturated rings. The highest BCUT2D eigenvalue weighted by atomic mass is 35.5. The fourth-order valence-corrected chi connectivity index (χ4v) is 3.34. The number of nitrogens with zero attached hydrogens (tertiary/aromatic N) is 1. The van der Waals surface area contributed by atoms with E-state index in [4.69, 9.17) is 23.2 Å². The average molecular weight is 328 g/mol. The smallest absolute Gasteiger partial charge is 0.156 e. The monoisotopic (exact) mass is 327 g/mol. The first-order chi connectivity index (χ1) is 9.91. The van der Waals surface area contributed by atoms with Crippen molar-refractivity contribution in [3.63, 3.8) is 0 Å². The second-order valence-electron chi connectivity index (χ2n) is 6.30. The maximum Gasteiger partial charge on any atom is 0.156 e. The minimum atomic E-state index is -0.437. The molecule has 1 aliphatic heterocycles. The van der Waals surface area contributed by atoms with Crippen molar-refractivity contribution >= 4 is 29.0 Å². The van der Waals surface area contributed by atoms with Crippen molar-refractivity contribution in [3.8, 4) is 0 Å². The highest BCUT2D eigenvalue weighted by Gasteiger charge is 2.34. The molecule has 1 aromatic carbocycles. The third-order valence-corrected chi connectivity index (χ3v) is 5.03. The van der Waals surface area contributed by atoms with Crippen molar-refractivity contribution in [2.75, 3.05) is 13.1 Å². The molecule has 0 amide bonds. The van der Waals surface area contributed by atoms with Crippen molar-refractivity contribution in [2.45, 2.75) is 51.5 Å². The highest BCUT2D eigenvalue weighted by molar-refractivity contribution is 6.35. The second-order valence-corrected chi connectivity index (χ2v) is 7.14. The van der Waals surface area contributed by atoms with E-state index in [1.54, 1.807) is 12.1 Å². The quantitative estimate of drug-likeness (QED) is 0.794. The van der Waals surface area contributed by atoms with Gasteiger partial charge < -0.3 is 0 Å². The summed E-state index contributed by atoms with van der Waals surface area (Å²) in [4.78, 5) is 15.1. The SMILES string of the molecule is CC(C)(C(=O)Cc1ccc(Cl)cc1Cl)N1CCCCCC1. The standard InChI is InChI=1S/C17H23Cl2NO/c1-17(2,20-9-5-3-4-6-10-20)16(21)11-13-7-8-14(18)12-15(13)19/h7-8,12H,3-6,9-11H2,1-2H3. The fourth-order valence-electron chi connectivity index (χ4n) is 2.86. The van der Waals surface area contributed by atoms with Gasteiger partial charge in [-0.05, 0) is 57.5 Å². The van der Waals surface area contributed by atoms with Gasteiger partial charge in [-0.15, -0.1) is 0 Å². The van der Waals surface area contributed by atoms with Crippen molar-refractivity contribution in [3.05, 3.63) is 33.8 Å². The zero-order valence-electron chi connectivity index (χ0n) is 12.8. The summed E-state index contributed by atoms with van der Waals surface area (Å²) in [6, 6.07) is 5.33. The Labute approximate surface area is 137 Å². The molecule has 0 spiro atoms. The lowest BCUT2D eigenvalue weighted by Crippen LogP contribution is -2.51. The van der Waals surface area contributed by atoms with E-state index in [-0.39, 0.29) is 5.78 Å². The summed E-state index contributed by atoms with van der Waals surface area (Å²) in [6.45, 7) is 6.08. The summed E-state index contributed by atoms with van der Waals surface area (Å²) >= 11 is 12.1. The molecule has 0 aromatic heterocycles. The van der Waals surface area contributed by atoms with E-state index in [1.807, 2.05) is 19.9 Å². The molecule has 0 saturated carbocycles. The Balaban J connectivity index is 2.10. The van der Waals surface area contributed by atoms with Gasteiger partial charge in [-0.2, -0.15) is 0 Å².